The van der Waals surface area contributed by atoms with E-state index < -0.39 is 0 Å². The highest BCUT2D eigenvalue weighted by Gasteiger charge is 2.27. The summed E-state index contributed by atoms with van der Waals surface area (Å²) in [6.45, 7) is 6.49. The summed E-state index contributed by atoms with van der Waals surface area (Å²) >= 11 is 0. The minimum Gasteiger partial charge on any atom is -0.327 e. The first kappa shape index (κ1) is 18.0. The van der Waals surface area contributed by atoms with E-state index in [4.69, 9.17) is 0 Å². The molecule has 0 spiro atoms. The van der Waals surface area contributed by atoms with Crippen LogP contribution < -0.4 is 5.32 Å². The second-order valence-electron chi connectivity index (χ2n) is 7.59. The van der Waals surface area contributed by atoms with Crippen LogP contribution in [0.1, 0.15) is 74.2 Å². The number of carbonyl (C=O) groups excluding carboxylic acids is 1. The zero-order chi connectivity index (χ0) is 17.8. The Balaban J connectivity index is 1.79. The molecule has 1 saturated carbocycles. The Morgan fingerprint density at radius 1 is 1.12 bits per heavy atom. The van der Waals surface area contributed by atoms with Gasteiger partial charge in [-0.3, -0.25) is 9.69 Å². The van der Waals surface area contributed by atoms with E-state index in [1.165, 1.54) is 38.5 Å². The molecule has 5 nitrogen and oxygen atoms in total. The average Bonchev–Trinajstić information content (AvgIpc) is 3.09. The Labute approximate surface area is 151 Å². The maximum absolute atomic E-state index is 12.7. The number of likely N-dealkylation sites (tertiary alicyclic amines) is 1. The van der Waals surface area contributed by atoms with E-state index in [2.05, 4.69) is 27.8 Å². The predicted molar refractivity (Wildman–Crippen MR) is 99.7 cm³/mol. The number of hydrogen-bond donors (Lipinski definition) is 1. The predicted octanol–water partition coefficient (Wildman–Crippen LogP) is 3.91. The molecule has 1 aromatic rings. The van der Waals surface area contributed by atoms with Crippen LogP contribution in [0.15, 0.2) is 0 Å². The van der Waals surface area contributed by atoms with Gasteiger partial charge in [-0.05, 0) is 58.2 Å². The Kier molecular flexibility index (Phi) is 5.80. The van der Waals surface area contributed by atoms with E-state index in [1.807, 2.05) is 6.92 Å². The van der Waals surface area contributed by atoms with Gasteiger partial charge in [0.05, 0.1) is 12.1 Å². The zero-order valence-corrected chi connectivity index (χ0v) is 15.6. The number of amides is 1. The number of nitrogens with zero attached hydrogens (tertiary/aromatic N) is 3. The summed E-state index contributed by atoms with van der Waals surface area (Å²) in [5.41, 5.74) is 2.75. The molecule has 1 amide bonds. The van der Waals surface area contributed by atoms with E-state index in [9.17, 15) is 10.1 Å². The monoisotopic (exact) mass is 342 g/mol. The zero-order valence-electron chi connectivity index (χ0n) is 15.6. The number of hydrogen-bond acceptors (Lipinski definition) is 3. The molecule has 1 saturated heterocycles. The van der Waals surface area contributed by atoms with Gasteiger partial charge in [-0.2, -0.15) is 5.26 Å². The molecule has 2 aliphatic rings. The number of rotatable bonds is 4. The molecule has 2 heterocycles. The van der Waals surface area contributed by atoms with E-state index in [0.29, 0.717) is 18.2 Å². The van der Waals surface area contributed by atoms with Crippen LogP contribution in [0, 0.1) is 25.2 Å². The molecule has 0 unspecified atom stereocenters. The summed E-state index contributed by atoms with van der Waals surface area (Å²) in [5.74, 6) is 0.736. The van der Waals surface area contributed by atoms with Crippen LogP contribution >= 0.6 is 0 Å². The second-order valence-corrected chi connectivity index (χ2v) is 7.59. The van der Waals surface area contributed by atoms with Crippen LogP contribution in [-0.2, 0) is 4.79 Å². The molecule has 25 heavy (non-hydrogen) atoms. The van der Waals surface area contributed by atoms with E-state index >= 15 is 0 Å². The highest BCUT2D eigenvalue weighted by Crippen LogP contribution is 2.37. The van der Waals surface area contributed by atoms with Gasteiger partial charge < -0.3 is 9.88 Å². The average molecular weight is 342 g/mol. The SMILES string of the molecule is Cc1c(C#N)c(NC(=O)CN2CCCCCC2)n(C2CCCC2)c1C. The lowest BCUT2D eigenvalue weighted by atomic mass is 10.2. The van der Waals surface area contributed by atoms with Crippen molar-refractivity contribution in [3.05, 3.63) is 16.8 Å². The minimum absolute atomic E-state index is 0.00940. The maximum atomic E-state index is 12.7. The third kappa shape index (κ3) is 3.90. The van der Waals surface area contributed by atoms with E-state index in [1.54, 1.807) is 0 Å². The topological polar surface area (TPSA) is 61.1 Å². The van der Waals surface area contributed by atoms with Crippen LogP contribution in [0.4, 0.5) is 5.82 Å². The van der Waals surface area contributed by atoms with Gasteiger partial charge in [-0.1, -0.05) is 25.7 Å². The maximum Gasteiger partial charge on any atom is 0.239 e. The third-order valence-electron chi connectivity index (χ3n) is 5.88. The first-order valence-corrected chi connectivity index (χ1v) is 9.75. The highest BCUT2D eigenvalue weighted by molar-refractivity contribution is 5.93. The molecule has 0 aromatic carbocycles. The van der Waals surface area contributed by atoms with Gasteiger partial charge in [-0.15, -0.1) is 0 Å². The van der Waals surface area contributed by atoms with Gasteiger partial charge in [-0.25, -0.2) is 0 Å². The fourth-order valence-electron chi connectivity index (χ4n) is 4.37. The van der Waals surface area contributed by atoms with Crippen LogP contribution in [0.5, 0.6) is 0 Å². The Morgan fingerprint density at radius 2 is 1.76 bits per heavy atom. The largest absolute Gasteiger partial charge is 0.327 e. The smallest absolute Gasteiger partial charge is 0.239 e. The molecule has 0 radical (unpaired) electrons. The fraction of sp³-hybridized carbons (Fsp3) is 0.700. The lowest BCUT2D eigenvalue weighted by molar-refractivity contribution is -0.117. The minimum atomic E-state index is 0.00940. The molecule has 5 heteroatoms. The number of aromatic nitrogens is 1. The Morgan fingerprint density at radius 3 is 2.36 bits per heavy atom. The molecule has 1 aliphatic carbocycles. The summed E-state index contributed by atoms with van der Waals surface area (Å²) in [6.07, 6.45) is 9.60. The van der Waals surface area contributed by atoms with Gasteiger partial charge in [0, 0.05) is 11.7 Å². The first-order chi connectivity index (χ1) is 12.1. The van der Waals surface area contributed by atoms with Gasteiger partial charge >= 0.3 is 0 Å². The Hall–Kier alpha value is -1.80. The molecule has 1 N–H and O–H groups in total. The summed E-state index contributed by atoms with van der Waals surface area (Å²) < 4.78 is 2.22. The van der Waals surface area contributed by atoms with Crippen molar-refractivity contribution in [2.75, 3.05) is 25.0 Å². The quantitative estimate of drug-likeness (QED) is 0.902. The van der Waals surface area contributed by atoms with Crippen molar-refractivity contribution in [3.63, 3.8) is 0 Å². The van der Waals surface area contributed by atoms with Crippen molar-refractivity contribution in [2.24, 2.45) is 0 Å². The van der Waals surface area contributed by atoms with E-state index in [0.717, 1.165) is 43.0 Å². The van der Waals surface area contributed by atoms with Gasteiger partial charge in [0.1, 0.15) is 11.9 Å². The summed E-state index contributed by atoms with van der Waals surface area (Å²) in [6, 6.07) is 2.73. The third-order valence-corrected chi connectivity index (χ3v) is 5.88. The molecule has 1 aromatic heterocycles. The lowest BCUT2D eigenvalue weighted by Gasteiger charge is -2.22. The number of anilines is 1. The summed E-state index contributed by atoms with van der Waals surface area (Å²) in [7, 11) is 0. The molecule has 1 aliphatic heterocycles. The van der Waals surface area contributed by atoms with Crippen molar-refractivity contribution < 1.29 is 4.79 Å². The fourth-order valence-corrected chi connectivity index (χ4v) is 4.37. The number of nitrogens with one attached hydrogen (secondary N) is 1. The van der Waals surface area contributed by atoms with Gasteiger partial charge in [0.2, 0.25) is 5.91 Å². The molecule has 0 bridgehead atoms. The molecule has 3 rings (SSSR count). The molecular weight excluding hydrogens is 312 g/mol. The molecule has 136 valence electrons. The molecule has 0 atom stereocenters. The summed E-state index contributed by atoms with van der Waals surface area (Å²) in [5, 5.41) is 12.7. The molecule has 2 fully saturated rings. The van der Waals surface area contributed by atoms with Crippen molar-refractivity contribution in [2.45, 2.75) is 71.3 Å². The second kappa shape index (κ2) is 8.05. The van der Waals surface area contributed by atoms with Crippen LogP contribution in [-0.4, -0.2) is 35.0 Å². The standard InChI is InChI=1S/C20H30N4O/c1-15-16(2)24(17-9-5-6-10-17)20(18(15)13-21)22-19(25)14-23-11-7-3-4-8-12-23/h17H,3-12,14H2,1-2H3,(H,22,25). The van der Waals surface area contributed by atoms with Crippen molar-refractivity contribution in [1.82, 2.24) is 9.47 Å². The van der Waals surface area contributed by atoms with Gasteiger partial charge in [0.15, 0.2) is 0 Å². The van der Waals surface area contributed by atoms with Crippen molar-refractivity contribution in [1.29, 1.82) is 5.26 Å². The highest BCUT2D eigenvalue weighted by atomic mass is 16.2. The normalized spacial score (nSPS) is 19.6. The lowest BCUT2D eigenvalue weighted by Crippen LogP contribution is -2.34. The molecular formula is C20H30N4O. The van der Waals surface area contributed by atoms with Gasteiger partial charge in [0.25, 0.3) is 0 Å². The van der Waals surface area contributed by atoms with E-state index in [-0.39, 0.29) is 5.91 Å². The van der Waals surface area contributed by atoms with Crippen LogP contribution in [0.3, 0.4) is 0 Å². The van der Waals surface area contributed by atoms with Crippen LogP contribution in [0.2, 0.25) is 0 Å². The Bertz CT molecular complexity index is 656. The summed E-state index contributed by atoms with van der Waals surface area (Å²) in [4.78, 5) is 14.9. The first-order valence-electron chi connectivity index (χ1n) is 9.75. The number of nitriles is 1. The van der Waals surface area contributed by atoms with Crippen molar-refractivity contribution >= 4 is 11.7 Å². The van der Waals surface area contributed by atoms with Crippen LogP contribution in [0.25, 0.3) is 0 Å². The number of carbonyl (C=O) groups is 1. The van der Waals surface area contributed by atoms with Crippen molar-refractivity contribution in [3.8, 4) is 6.07 Å².